The predicted octanol–water partition coefficient (Wildman–Crippen LogP) is 6.12. The fraction of sp³-hybridized carbons (Fsp3) is 0.156. The Hall–Kier alpha value is -4.16. The van der Waals surface area contributed by atoms with E-state index in [2.05, 4.69) is 35.6 Å². The number of nitrogens with one attached hydrogen (secondary N) is 1. The van der Waals surface area contributed by atoms with Gasteiger partial charge in [-0.05, 0) is 51.4 Å². The van der Waals surface area contributed by atoms with Crippen molar-refractivity contribution in [2.45, 2.75) is 24.6 Å². The summed E-state index contributed by atoms with van der Waals surface area (Å²) in [5, 5.41) is 1.68. The van der Waals surface area contributed by atoms with Crippen LogP contribution in [0, 0.1) is 0 Å². The first-order valence-electron chi connectivity index (χ1n) is 12.5. The first kappa shape index (κ1) is 25.5. The number of carbonyl (C=O) groups excluding carboxylic acids is 3. The standard InChI is InChI=1S/C32H28N2O3S/c1-34(30(35)20-23-12-14-26(15-13-23)25-7-3-2-4-8-25)21-24-6-5-9-28(18-24)27-16-10-22(11-17-27)19-29-31(36)33-32(37)38-29/h2-18,29H,19-21H2,1H3,(H,33,36,37). The lowest BCUT2D eigenvalue weighted by atomic mass is 10.00. The van der Waals surface area contributed by atoms with Crippen molar-refractivity contribution >= 4 is 28.8 Å². The smallest absolute Gasteiger partial charge is 0.286 e. The molecule has 1 fully saturated rings. The Labute approximate surface area is 226 Å². The zero-order chi connectivity index (χ0) is 26.5. The molecule has 0 saturated carbocycles. The largest absolute Gasteiger partial charge is 0.341 e. The summed E-state index contributed by atoms with van der Waals surface area (Å²) in [5.41, 5.74) is 7.48. The van der Waals surface area contributed by atoms with Crippen molar-refractivity contribution in [2.24, 2.45) is 0 Å². The molecule has 0 spiro atoms. The van der Waals surface area contributed by atoms with Crippen molar-refractivity contribution in [2.75, 3.05) is 7.05 Å². The quantitative estimate of drug-likeness (QED) is 0.304. The summed E-state index contributed by atoms with van der Waals surface area (Å²) in [7, 11) is 1.84. The molecule has 0 radical (unpaired) electrons. The Kier molecular flexibility index (Phi) is 7.70. The molecule has 190 valence electrons. The second-order valence-corrected chi connectivity index (χ2v) is 10.6. The van der Waals surface area contributed by atoms with E-state index in [1.165, 1.54) is 0 Å². The molecule has 0 aromatic heterocycles. The van der Waals surface area contributed by atoms with E-state index in [1.807, 2.05) is 79.8 Å². The highest BCUT2D eigenvalue weighted by Gasteiger charge is 2.31. The number of hydrogen-bond donors (Lipinski definition) is 1. The maximum atomic E-state index is 12.9. The fourth-order valence-corrected chi connectivity index (χ4v) is 5.40. The molecule has 6 heteroatoms. The summed E-state index contributed by atoms with van der Waals surface area (Å²) in [5.74, 6) is -0.154. The van der Waals surface area contributed by atoms with Crippen LogP contribution in [0.1, 0.15) is 16.7 Å². The molecule has 1 atom stereocenters. The van der Waals surface area contributed by atoms with Gasteiger partial charge in [0.15, 0.2) is 0 Å². The Morgan fingerprint density at radius 3 is 2.00 bits per heavy atom. The van der Waals surface area contributed by atoms with Crippen LogP contribution in [0.2, 0.25) is 0 Å². The lowest BCUT2D eigenvalue weighted by Crippen LogP contribution is -2.27. The third-order valence-corrected chi connectivity index (χ3v) is 7.65. The molecule has 1 heterocycles. The normalized spacial score (nSPS) is 14.8. The van der Waals surface area contributed by atoms with Crippen LogP contribution in [0.15, 0.2) is 103 Å². The second-order valence-electron chi connectivity index (χ2n) is 9.47. The van der Waals surface area contributed by atoms with E-state index in [0.29, 0.717) is 19.4 Å². The van der Waals surface area contributed by atoms with E-state index < -0.39 is 0 Å². The number of nitrogens with zero attached hydrogens (tertiary/aromatic N) is 1. The fourth-order valence-electron chi connectivity index (χ4n) is 4.54. The lowest BCUT2D eigenvalue weighted by molar-refractivity contribution is -0.129. The number of amides is 3. The molecule has 5 rings (SSSR count). The van der Waals surface area contributed by atoms with Gasteiger partial charge in [0.2, 0.25) is 11.8 Å². The van der Waals surface area contributed by atoms with Crippen LogP contribution in [-0.4, -0.2) is 34.3 Å². The minimum atomic E-state index is -0.369. The molecule has 5 nitrogen and oxygen atoms in total. The van der Waals surface area contributed by atoms with Gasteiger partial charge in [-0.3, -0.25) is 19.7 Å². The third-order valence-electron chi connectivity index (χ3n) is 6.66. The summed E-state index contributed by atoms with van der Waals surface area (Å²) in [4.78, 5) is 37.9. The average molecular weight is 521 g/mol. The SMILES string of the molecule is CN(Cc1cccc(-c2ccc(CC3SC(=O)NC3=O)cc2)c1)C(=O)Cc1ccc(-c2ccccc2)cc1. The van der Waals surface area contributed by atoms with Gasteiger partial charge >= 0.3 is 0 Å². The van der Waals surface area contributed by atoms with E-state index >= 15 is 0 Å². The molecular formula is C32H28N2O3S. The van der Waals surface area contributed by atoms with Crippen LogP contribution in [0.4, 0.5) is 4.79 Å². The number of hydrogen-bond acceptors (Lipinski definition) is 4. The van der Waals surface area contributed by atoms with E-state index in [0.717, 1.165) is 50.7 Å². The van der Waals surface area contributed by atoms with Crippen molar-refractivity contribution in [3.63, 3.8) is 0 Å². The molecule has 0 bridgehead atoms. The summed E-state index contributed by atoms with van der Waals surface area (Å²) in [6, 6.07) is 34.6. The maximum Gasteiger partial charge on any atom is 0.286 e. The second kappa shape index (κ2) is 11.5. The van der Waals surface area contributed by atoms with Gasteiger partial charge in [0.1, 0.15) is 0 Å². The highest BCUT2D eigenvalue weighted by atomic mass is 32.2. The van der Waals surface area contributed by atoms with Gasteiger partial charge in [-0.2, -0.15) is 0 Å². The molecule has 1 unspecified atom stereocenters. The molecule has 1 saturated heterocycles. The molecule has 0 aliphatic carbocycles. The van der Waals surface area contributed by atoms with Gasteiger partial charge in [0.05, 0.1) is 11.7 Å². The number of imide groups is 1. The van der Waals surface area contributed by atoms with Crippen LogP contribution in [-0.2, 0) is 29.0 Å². The molecule has 38 heavy (non-hydrogen) atoms. The number of carbonyl (C=O) groups is 3. The topological polar surface area (TPSA) is 66.5 Å². The van der Waals surface area contributed by atoms with Crippen molar-refractivity contribution in [3.8, 4) is 22.3 Å². The molecule has 4 aromatic rings. The minimum Gasteiger partial charge on any atom is -0.341 e. The Bertz CT molecular complexity index is 1450. The molecule has 1 N–H and O–H groups in total. The Balaban J connectivity index is 1.19. The predicted molar refractivity (Wildman–Crippen MR) is 153 cm³/mol. The van der Waals surface area contributed by atoms with Crippen molar-refractivity contribution in [3.05, 3.63) is 120 Å². The van der Waals surface area contributed by atoms with E-state index in [9.17, 15) is 14.4 Å². The van der Waals surface area contributed by atoms with Crippen molar-refractivity contribution < 1.29 is 14.4 Å². The van der Waals surface area contributed by atoms with Crippen LogP contribution >= 0.6 is 11.8 Å². The summed E-state index contributed by atoms with van der Waals surface area (Å²) >= 11 is 1.05. The summed E-state index contributed by atoms with van der Waals surface area (Å²) in [6.07, 6.45) is 0.875. The van der Waals surface area contributed by atoms with Crippen LogP contribution in [0.25, 0.3) is 22.3 Å². The molecule has 4 aromatic carbocycles. The van der Waals surface area contributed by atoms with Gasteiger partial charge in [0, 0.05) is 13.6 Å². The Morgan fingerprint density at radius 2 is 1.34 bits per heavy atom. The van der Waals surface area contributed by atoms with E-state index in [1.54, 1.807) is 4.90 Å². The van der Waals surface area contributed by atoms with Gasteiger partial charge in [-0.25, -0.2) is 0 Å². The van der Waals surface area contributed by atoms with Crippen LogP contribution in [0.3, 0.4) is 0 Å². The van der Waals surface area contributed by atoms with Gasteiger partial charge in [0.25, 0.3) is 5.24 Å². The van der Waals surface area contributed by atoms with Crippen molar-refractivity contribution in [1.29, 1.82) is 0 Å². The summed E-state index contributed by atoms with van der Waals surface area (Å²) in [6.45, 7) is 0.523. The third kappa shape index (κ3) is 6.21. The first-order valence-corrected chi connectivity index (χ1v) is 13.4. The number of rotatable bonds is 8. The highest BCUT2D eigenvalue weighted by Crippen LogP contribution is 2.26. The zero-order valence-corrected chi connectivity index (χ0v) is 21.9. The van der Waals surface area contributed by atoms with Crippen LogP contribution < -0.4 is 5.32 Å². The Morgan fingerprint density at radius 1 is 0.737 bits per heavy atom. The van der Waals surface area contributed by atoms with E-state index in [-0.39, 0.29) is 22.3 Å². The molecule has 1 aliphatic heterocycles. The van der Waals surface area contributed by atoms with Gasteiger partial charge < -0.3 is 4.90 Å². The number of likely N-dealkylation sites (N-methyl/N-ethyl adjacent to an activating group) is 1. The number of benzene rings is 4. The van der Waals surface area contributed by atoms with Crippen molar-refractivity contribution in [1.82, 2.24) is 10.2 Å². The highest BCUT2D eigenvalue weighted by molar-refractivity contribution is 8.15. The molecule has 3 amide bonds. The molecule has 1 aliphatic rings. The van der Waals surface area contributed by atoms with Crippen LogP contribution in [0.5, 0.6) is 0 Å². The lowest BCUT2D eigenvalue weighted by Gasteiger charge is -2.18. The average Bonchev–Trinajstić information content (AvgIpc) is 3.26. The maximum absolute atomic E-state index is 12.9. The van der Waals surface area contributed by atoms with E-state index in [4.69, 9.17) is 0 Å². The minimum absolute atomic E-state index is 0.0690. The van der Waals surface area contributed by atoms with Gasteiger partial charge in [-0.15, -0.1) is 0 Å². The number of thioether (sulfide) groups is 1. The zero-order valence-electron chi connectivity index (χ0n) is 21.1. The van der Waals surface area contributed by atoms with Gasteiger partial charge in [-0.1, -0.05) is 109 Å². The summed E-state index contributed by atoms with van der Waals surface area (Å²) < 4.78 is 0. The monoisotopic (exact) mass is 520 g/mol. The first-order chi connectivity index (χ1) is 18.4. The molecular weight excluding hydrogens is 492 g/mol.